The molecular formula is C16H24F3N3. The Morgan fingerprint density at radius 1 is 1.09 bits per heavy atom. The molecule has 0 bridgehead atoms. The van der Waals surface area contributed by atoms with Gasteiger partial charge in [-0.3, -0.25) is 4.99 Å². The quantitative estimate of drug-likeness (QED) is 0.494. The Morgan fingerprint density at radius 3 is 2.18 bits per heavy atom. The summed E-state index contributed by atoms with van der Waals surface area (Å²) in [6.07, 6.45) is -1.84. The maximum Gasteiger partial charge on any atom is 0.416 e. The predicted molar refractivity (Wildman–Crippen MR) is 83.8 cm³/mol. The molecule has 0 aliphatic heterocycles. The Bertz CT molecular complexity index is 485. The number of unbranched alkanes of at least 4 members (excludes halogenated alkanes) is 1. The van der Waals surface area contributed by atoms with Gasteiger partial charge < -0.3 is 11.1 Å². The van der Waals surface area contributed by atoms with E-state index >= 15 is 0 Å². The molecule has 0 aliphatic carbocycles. The summed E-state index contributed by atoms with van der Waals surface area (Å²) in [5.41, 5.74) is 5.92. The number of rotatable bonds is 5. The summed E-state index contributed by atoms with van der Waals surface area (Å²) >= 11 is 0. The van der Waals surface area contributed by atoms with E-state index in [0.717, 1.165) is 37.0 Å². The van der Waals surface area contributed by atoms with Gasteiger partial charge in [-0.2, -0.15) is 13.2 Å². The molecule has 0 saturated carbocycles. The van der Waals surface area contributed by atoms with Crippen LogP contribution in [-0.2, 0) is 12.6 Å². The van der Waals surface area contributed by atoms with Crippen molar-refractivity contribution in [3.05, 3.63) is 35.4 Å². The van der Waals surface area contributed by atoms with E-state index in [1.54, 1.807) is 0 Å². The Kier molecular flexibility index (Phi) is 6.26. The standard InChI is InChI=1S/C16H24F3N3/c1-15(2,3)22-14(20)21-11-5-4-6-12-7-9-13(10-8-12)16(17,18)19/h7-10H,4-6,11H2,1-3H3,(H3,20,21,22). The molecule has 0 aromatic heterocycles. The lowest BCUT2D eigenvalue weighted by molar-refractivity contribution is -0.137. The third kappa shape index (κ3) is 7.33. The minimum absolute atomic E-state index is 0.117. The summed E-state index contributed by atoms with van der Waals surface area (Å²) in [5, 5.41) is 3.07. The fourth-order valence-corrected chi connectivity index (χ4v) is 1.92. The average molecular weight is 315 g/mol. The van der Waals surface area contributed by atoms with Crippen LogP contribution in [0.25, 0.3) is 0 Å². The molecule has 0 heterocycles. The smallest absolute Gasteiger partial charge is 0.370 e. The average Bonchev–Trinajstić information content (AvgIpc) is 2.35. The van der Waals surface area contributed by atoms with Crippen LogP contribution < -0.4 is 11.1 Å². The van der Waals surface area contributed by atoms with Gasteiger partial charge in [-0.25, -0.2) is 0 Å². The number of halogens is 3. The van der Waals surface area contributed by atoms with Crippen LogP contribution in [0.2, 0.25) is 0 Å². The zero-order valence-electron chi connectivity index (χ0n) is 13.3. The van der Waals surface area contributed by atoms with Crippen LogP contribution in [0.4, 0.5) is 13.2 Å². The molecular weight excluding hydrogens is 291 g/mol. The molecule has 0 radical (unpaired) electrons. The summed E-state index contributed by atoms with van der Waals surface area (Å²) in [4.78, 5) is 4.22. The fourth-order valence-electron chi connectivity index (χ4n) is 1.92. The second-order valence-corrected chi connectivity index (χ2v) is 6.29. The second kappa shape index (κ2) is 7.51. The van der Waals surface area contributed by atoms with Crippen molar-refractivity contribution in [2.75, 3.05) is 6.54 Å². The number of alkyl halides is 3. The van der Waals surface area contributed by atoms with Crippen molar-refractivity contribution in [2.45, 2.75) is 51.7 Å². The van der Waals surface area contributed by atoms with Gasteiger partial charge in [-0.05, 0) is 57.7 Å². The van der Waals surface area contributed by atoms with Crippen LogP contribution in [0.3, 0.4) is 0 Å². The summed E-state index contributed by atoms with van der Waals surface area (Å²) in [7, 11) is 0. The fraction of sp³-hybridized carbons (Fsp3) is 0.562. The first-order valence-corrected chi connectivity index (χ1v) is 7.32. The molecule has 0 amide bonds. The maximum absolute atomic E-state index is 12.4. The van der Waals surface area contributed by atoms with Crippen LogP contribution >= 0.6 is 0 Å². The van der Waals surface area contributed by atoms with Crippen LogP contribution in [-0.4, -0.2) is 18.0 Å². The molecule has 1 rings (SSSR count). The van der Waals surface area contributed by atoms with E-state index in [9.17, 15) is 13.2 Å². The van der Waals surface area contributed by atoms with E-state index in [1.165, 1.54) is 12.1 Å². The number of nitrogens with one attached hydrogen (secondary N) is 1. The molecule has 0 spiro atoms. The normalized spacial score (nSPS) is 13.3. The minimum atomic E-state index is -4.27. The summed E-state index contributed by atoms with van der Waals surface area (Å²) < 4.78 is 37.3. The van der Waals surface area contributed by atoms with Gasteiger partial charge in [0.1, 0.15) is 0 Å². The molecule has 0 unspecified atom stereocenters. The largest absolute Gasteiger partial charge is 0.416 e. The molecule has 0 fully saturated rings. The van der Waals surface area contributed by atoms with E-state index < -0.39 is 11.7 Å². The molecule has 124 valence electrons. The maximum atomic E-state index is 12.4. The third-order valence-electron chi connectivity index (χ3n) is 2.94. The van der Waals surface area contributed by atoms with Gasteiger partial charge in [0.15, 0.2) is 5.96 Å². The molecule has 3 nitrogen and oxygen atoms in total. The summed E-state index contributed by atoms with van der Waals surface area (Å²) in [6.45, 7) is 6.61. The van der Waals surface area contributed by atoms with E-state index in [1.807, 2.05) is 20.8 Å². The topological polar surface area (TPSA) is 50.4 Å². The monoisotopic (exact) mass is 315 g/mol. The highest BCUT2D eigenvalue weighted by Gasteiger charge is 2.29. The molecule has 22 heavy (non-hydrogen) atoms. The molecule has 3 N–H and O–H groups in total. The van der Waals surface area contributed by atoms with Crippen molar-refractivity contribution in [2.24, 2.45) is 10.7 Å². The van der Waals surface area contributed by atoms with Gasteiger partial charge in [-0.1, -0.05) is 12.1 Å². The van der Waals surface area contributed by atoms with Crippen molar-refractivity contribution in [1.29, 1.82) is 0 Å². The first kappa shape index (κ1) is 18.3. The molecule has 0 atom stereocenters. The summed E-state index contributed by atoms with van der Waals surface area (Å²) in [5.74, 6) is 0.419. The third-order valence-corrected chi connectivity index (χ3v) is 2.94. The number of hydrogen-bond donors (Lipinski definition) is 2. The van der Waals surface area contributed by atoms with Crippen molar-refractivity contribution >= 4 is 5.96 Å². The number of aliphatic imine (C=N–C) groups is 1. The first-order chi connectivity index (χ1) is 10.1. The molecule has 0 aliphatic rings. The predicted octanol–water partition coefficient (Wildman–Crippen LogP) is 3.73. The number of guanidine groups is 1. The minimum Gasteiger partial charge on any atom is -0.370 e. The van der Waals surface area contributed by atoms with Gasteiger partial charge in [0.2, 0.25) is 0 Å². The van der Waals surface area contributed by atoms with Gasteiger partial charge in [-0.15, -0.1) is 0 Å². The lowest BCUT2D eigenvalue weighted by Gasteiger charge is -2.20. The van der Waals surface area contributed by atoms with E-state index in [4.69, 9.17) is 5.73 Å². The SMILES string of the molecule is CC(C)(C)NC(N)=NCCCCc1ccc(C(F)(F)F)cc1. The van der Waals surface area contributed by atoms with Crippen LogP contribution in [0.1, 0.15) is 44.7 Å². The lowest BCUT2D eigenvalue weighted by Crippen LogP contribution is -2.45. The van der Waals surface area contributed by atoms with Gasteiger partial charge in [0, 0.05) is 12.1 Å². The number of nitrogens with two attached hydrogens (primary N) is 1. The van der Waals surface area contributed by atoms with E-state index in [2.05, 4.69) is 10.3 Å². The Balaban J connectivity index is 2.32. The van der Waals surface area contributed by atoms with E-state index in [0.29, 0.717) is 12.5 Å². The highest BCUT2D eigenvalue weighted by atomic mass is 19.4. The zero-order chi connectivity index (χ0) is 16.8. The van der Waals surface area contributed by atoms with Crippen LogP contribution in [0.5, 0.6) is 0 Å². The molecule has 0 saturated heterocycles. The van der Waals surface area contributed by atoms with Gasteiger partial charge in [0.25, 0.3) is 0 Å². The van der Waals surface area contributed by atoms with Gasteiger partial charge >= 0.3 is 6.18 Å². The number of benzene rings is 1. The highest BCUT2D eigenvalue weighted by Crippen LogP contribution is 2.29. The molecule has 6 heteroatoms. The lowest BCUT2D eigenvalue weighted by atomic mass is 10.1. The number of nitrogens with zero attached hydrogens (tertiary/aromatic N) is 1. The first-order valence-electron chi connectivity index (χ1n) is 7.32. The molecule has 1 aromatic rings. The summed E-state index contributed by atoms with van der Waals surface area (Å²) in [6, 6.07) is 5.31. The Morgan fingerprint density at radius 2 is 1.68 bits per heavy atom. The van der Waals surface area contributed by atoms with Crippen LogP contribution in [0.15, 0.2) is 29.3 Å². The van der Waals surface area contributed by atoms with Crippen LogP contribution in [0, 0.1) is 0 Å². The number of hydrogen-bond acceptors (Lipinski definition) is 1. The van der Waals surface area contributed by atoms with Crippen molar-refractivity contribution in [3.8, 4) is 0 Å². The van der Waals surface area contributed by atoms with E-state index in [-0.39, 0.29) is 5.54 Å². The van der Waals surface area contributed by atoms with Crippen molar-refractivity contribution < 1.29 is 13.2 Å². The highest BCUT2D eigenvalue weighted by molar-refractivity contribution is 5.78. The second-order valence-electron chi connectivity index (χ2n) is 6.29. The zero-order valence-corrected chi connectivity index (χ0v) is 13.3. The molecule has 1 aromatic carbocycles. The van der Waals surface area contributed by atoms with Crippen molar-refractivity contribution in [3.63, 3.8) is 0 Å². The van der Waals surface area contributed by atoms with Crippen molar-refractivity contribution in [1.82, 2.24) is 5.32 Å². The van der Waals surface area contributed by atoms with Gasteiger partial charge in [0.05, 0.1) is 5.56 Å². The Labute approximate surface area is 129 Å². The number of aryl methyl sites for hydroxylation is 1. The Hall–Kier alpha value is -1.72.